The lowest BCUT2D eigenvalue weighted by Crippen LogP contribution is -2.59. The smallest absolute Gasteiger partial charge is 0.274 e. The summed E-state index contributed by atoms with van der Waals surface area (Å²) >= 11 is 0. The largest absolute Gasteiger partial charge is 0.378 e. The van der Waals surface area contributed by atoms with Crippen LogP contribution in [0.25, 0.3) is 11.1 Å². The Morgan fingerprint density at radius 1 is 1.02 bits per heavy atom. The van der Waals surface area contributed by atoms with Crippen LogP contribution < -0.4 is 20.7 Å². The van der Waals surface area contributed by atoms with Crippen LogP contribution in [0.4, 0.5) is 27.4 Å². The van der Waals surface area contributed by atoms with E-state index in [4.69, 9.17) is 4.74 Å². The maximum Gasteiger partial charge on any atom is 0.274 e. The van der Waals surface area contributed by atoms with E-state index in [1.807, 2.05) is 22.9 Å². The van der Waals surface area contributed by atoms with Crippen LogP contribution in [0.3, 0.4) is 0 Å². The second-order valence-electron chi connectivity index (χ2n) is 13.4. The average molecular weight is 667 g/mol. The highest BCUT2D eigenvalue weighted by atomic mass is 19.1. The number of pyridine rings is 3. The summed E-state index contributed by atoms with van der Waals surface area (Å²) in [4.78, 5) is 55.0. The summed E-state index contributed by atoms with van der Waals surface area (Å²) in [5.41, 5.74) is 3.69. The fourth-order valence-electron chi connectivity index (χ4n) is 7.79. The third kappa shape index (κ3) is 5.41. The number of anilines is 4. The molecule has 0 bridgehead atoms. The molecule has 49 heavy (non-hydrogen) atoms. The van der Waals surface area contributed by atoms with Crippen molar-refractivity contribution in [2.45, 2.75) is 51.2 Å². The van der Waals surface area contributed by atoms with Gasteiger partial charge in [0.15, 0.2) is 12.1 Å². The van der Waals surface area contributed by atoms with Gasteiger partial charge in [-0.3, -0.25) is 24.2 Å². The fourth-order valence-corrected chi connectivity index (χ4v) is 7.79. The van der Waals surface area contributed by atoms with Crippen molar-refractivity contribution in [3.05, 3.63) is 81.5 Å². The molecule has 4 aliphatic heterocycles. The number of carbonyl (C=O) groups is 2. The monoisotopic (exact) mass is 666 g/mol. The van der Waals surface area contributed by atoms with Crippen LogP contribution in [0.2, 0.25) is 0 Å². The topological polar surface area (TPSA) is 118 Å². The molecule has 0 aliphatic carbocycles. The highest BCUT2D eigenvalue weighted by Crippen LogP contribution is 2.36. The summed E-state index contributed by atoms with van der Waals surface area (Å²) < 4.78 is 24.3. The minimum Gasteiger partial charge on any atom is -0.378 e. The van der Waals surface area contributed by atoms with Crippen molar-refractivity contribution < 1.29 is 18.7 Å². The van der Waals surface area contributed by atoms with E-state index in [-0.39, 0.29) is 34.7 Å². The van der Waals surface area contributed by atoms with E-state index in [0.717, 1.165) is 57.1 Å². The number of rotatable bonds is 7. The van der Waals surface area contributed by atoms with Gasteiger partial charge >= 0.3 is 0 Å². The molecule has 8 rings (SSSR count). The first kappa shape index (κ1) is 31.4. The molecule has 4 aromatic heterocycles. The number of nitrogens with one attached hydrogen (secondary N) is 1. The molecule has 0 radical (unpaired) electrons. The average Bonchev–Trinajstić information content (AvgIpc) is 3.38. The van der Waals surface area contributed by atoms with E-state index < -0.39 is 11.7 Å². The van der Waals surface area contributed by atoms with Crippen molar-refractivity contribution in [1.29, 1.82) is 0 Å². The summed E-state index contributed by atoms with van der Waals surface area (Å²) in [5.74, 6) is -0.271. The number of amides is 1. The molecule has 0 spiro atoms. The van der Waals surface area contributed by atoms with Gasteiger partial charge in [-0.2, -0.15) is 0 Å². The molecule has 8 heterocycles. The molecular formula is C36H39FN8O4. The number of fused-ring (bicyclic) bond motifs is 3. The zero-order valence-electron chi connectivity index (χ0n) is 27.7. The van der Waals surface area contributed by atoms with Gasteiger partial charge in [0.05, 0.1) is 48.0 Å². The second-order valence-corrected chi connectivity index (χ2v) is 13.4. The van der Waals surface area contributed by atoms with Crippen molar-refractivity contribution in [2.24, 2.45) is 7.05 Å². The molecule has 2 fully saturated rings. The molecule has 254 valence electrons. The molecule has 12 nitrogen and oxygen atoms in total. The summed E-state index contributed by atoms with van der Waals surface area (Å²) in [7, 11) is 1.64. The van der Waals surface area contributed by atoms with Gasteiger partial charge < -0.3 is 24.1 Å². The Bertz CT molecular complexity index is 2000. The number of carbonyl (C=O) groups excluding carboxylic acids is 2. The van der Waals surface area contributed by atoms with E-state index in [2.05, 4.69) is 32.0 Å². The third-order valence-electron chi connectivity index (χ3n) is 10.5. The van der Waals surface area contributed by atoms with Gasteiger partial charge in [-0.05, 0) is 56.0 Å². The highest BCUT2D eigenvalue weighted by molar-refractivity contribution is 6.10. The minimum atomic E-state index is -0.491. The van der Waals surface area contributed by atoms with E-state index in [9.17, 15) is 14.4 Å². The van der Waals surface area contributed by atoms with Crippen LogP contribution in [0, 0.1) is 5.82 Å². The third-order valence-corrected chi connectivity index (χ3v) is 10.5. The number of hydrogen-bond acceptors (Lipinski definition) is 9. The zero-order chi connectivity index (χ0) is 33.8. The Balaban J connectivity index is 1.05. The normalized spacial score (nSPS) is 19.7. The minimum absolute atomic E-state index is 0.0831. The highest BCUT2D eigenvalue weighted by Gasteiger charge is 2.37. The Hall–Kier alpha value is -4.88. The van der Waals surface area contributed by atoms with E-state index in [0.29, 0.717) is 60.4 Å². The number of ether oxygens (including phenoxy) is 1. The van der Waals surface area contributed by atoms with Crippen molar-refractivity contribution in [3.63, 3.8) is 0 Å². The van der Waals surface area contributed by atoms with Crippen LogP contribution in [-0.2, 0) is 31.2 Å². The summed E-state index contributed by atoms with van der Waals surface area (Å²) in [6, 6.07) is 8.06. The predicted molar refractivity (Wildman–Crippen MR) is 184 cm³/mol. The van der Waals surface area contributed by atoms with Crippen LogP contribution >= 0.6 is 0 Å². The summed E-state index contributed by atoms with van der Waals surface area (Å²) in [6.45, 7) is 7.65. The fraction of sp³-hybridized carbons (Fsp3) is 0.417. The Morgan fingerprint density at radius 3 is 2.61 bits per heavy atom. The zero-order valence-corrected chi connectivity index (χ0v) is 27.7. The Labute approximate surface area is 283 Å². The maximum absolute atomic E-state index is 15.5. The van der Waals surface area contributed by atoms with Gasteiger partial charge in [0.1, 0.15) is 17.3 Å². The lowest BCUT2D eigenvalue weighted by molar-refractivity contribution is -0.0691. The van der Waals surface area contributed by atoms with Gasteiger partial charge in [-0.1, -0.05) is 0 Å². The number of hydrogen-bond donors (Lipinski definition) is 1. The molecule has 1 N–H and O–H groups in total. The van der Waals surface area contributed by atoms with E-state index >= 15 is 4.39 Å². The van der Waals surface area contributed by atoms with E-state index in [1.165, 1.54) is 15.7 Å². The number of nitrogens with zero attached hydrogens (tertiary/aromatic N) is 7. The molecule has 1 atom stereocenters. The van der Waals surface area contributed by atoms with Crippen LogP contribution in [-0.4, -0.2) is 87.7 Å². The first-order valence-electron chi connectivity index (χ1n) is 17.0. The molecule has 4 aromatic rings. The predicted octanol–water partition coefficient (Wildman–Crippen LogP) is 3.79. The van der Waals surface area contributed by atoms with Crippen molar-refractivity contribution in [3.8, 4) is 11.1 Å². The van der Waals surface area contributed by atoms with Gasteiger partial charge in [0.25, 0.3) is 11.5 Å². The van der Waals surface area contributed by atoms with Gasteiger partial charge in [0.2, 0.25) is 0 Å². The number of halogens is 1. The van der Waals surface area contributed by atoms with Crippen LogP contribution in [0.1, 0.15) is 51.9 Å². The number of piperazine rings is 1. The molecule has 1 amide bonds. The van der Waals surface area contributed by atoms with Crippen molar-refractivity contribution in [2.75, 3.05) is 54.5 Å². The molecule has 0 saturated carbocycles. The number of aryl methyl sites for hydroxylation is 1. The van der Waals surface area contributed by atoms with E-state index in [1.54, 1.807) is 25.4 Å². The van der Waals surface area contributed by atoms with Gasteiger partial charge in [0, 0.05) is 75.9 Å². The van der Waals surface area contributed by atoms with Crippen molar-refractivity contribution >= 4 is 35.2 Å². The molecule has 0 aromatic carbocycles. The second kappa shape index (κ2) is 12.5. The lowest BCUT2D eigenvalue weighted by atomic mass is 10.0. The summed E-state index contributed by atoms with van der Waals surface area (Å²) in [5, 5.41) is 3.17. The maximum atomic E-state index is 15.5. The first-order chi connectivity index (χ1) is 23.8. The molecule has 1 unspecified atom stereocenters. The number of aromatic nitrogens is 4. The van der Waals surface area contributed by atoms with Crippen molar-refractivity contribution in [1.82, 2.24) is 24.0 Å². The van der Waals surface area contributed by atoms with Crippen LogP contribution in [0.15, 0.2) is 47.7 Å². The quantitative estimate of drug-likeness (QED) is 0.294. The lowest BCUT2D eigenvalue weighted by Gasteiger charge is -2.46. The van der Waals surface area contributed by atoms with Gasteiger partial charge in [-0.25, -0.2) is 14.4 Å². The standard InChI is InChI=1S/C36H39FN8O4/c1-22-17-42(25-20-49-21-25)13-14-43(22)24-6-7-31(39-16-24)40-28-15-23(18-41(2)35(28)47)26-8-10-38-34(27(26)19-46)45-12-9-29-32(36(45)48)33(37)30-5-3-4-11-44(29)30/h6-8,10,15-16,18-19,22,25H,3-5,9,11-14,17,20-21H2,1-2H3,(H,39,40). The number of aldehydes is 1. The molecule has 2 saturated heterocycles. The summed E-state index contributed by atoms with van der Waals surface area (Å²) in [6.07, 6.45) is 8.58. The van der Waals surface area contributed by atoms with Crippen LogP contribution in [0.5, 0.6) is 0 Å². The van der Waals surface area contributed by atoms with Gasteiger partial charge in [-0.15, -0.1) is 0 Å². The SMILES string of the molecule is CC1CN(C2COC2)CCN1c1ccc(Nc2cc(-c3ccnc(N4CCc5c(c(F)c6n5CCCC6)C4=O)c3C=O)cn(C)c2=O)nc1. The Kier molecular flexibility index (Phi) is 8.03. The first-order valence-corrected chi connectivity index (χ1v) is 17.0. The molecule has 13 heteroatoms. The Morgan fingerprint density at radius 2 is 1.88 bits per heavy atom. The molecular weight excluding hydrogens is 627 g/mol. The molecule has 4 aliphatic rings.